The van der Waals surface area contributed by atoms with Crippen molar-refractivity contribution in [1.82, 2.24) is 0 Å². The fourth-order valence-corrected chi connectivity index (χ4v) is 3.97. The maximum absolute atomic E-state index is 13.4. The molecule has 8 nitrogen and oxygen atoms in total. The lowest BCUT2D eigenvalue weighted by Gasteiger charge is -2.10. The minimum Gasteiger partial charge on any atom is -0.493 e. The van der Waals surface area contributed by atoms with Crippen LogP contribution in [0.3, 0.4) is 0 Å². The van der Waals surface area contributed by atoms with Gasteiger partial charge in [-0.05, 0) is 60.2 Å². The van der Waals surface area contributed by atoms with Crippen LogP contribution in [0.15, 0.2) is 72.3 Å². The number of para-hydroxylation sites is 2. The third kappa shape index (κ3) is 6.91. The summed E-state index contributed by atoms with van der Waals surface area (Å²) in [6.07, 6.45) is 7.30. The molecule has 0 radical (unpaired) electrons. The fraction of sp³-hybridized carbons (Fsp3) is 0.188. The fourth-order valence-electron chi connectivity index (χ4n) is 3.97. The van der Waals surface area contributed by atoms with Gasteiger partial charge in [-0.3, -0.25) is 9.59 Å². The summed E-state index contributed by atoms with van der Waals surface area (Å²) < 4.78 is 32.3. The Labute approximate surface area is 234 Å². The first-order chi connectivity index (χ1) is 19.4. The molecule has 0 aliphatic rings. The zero-order valence-corrected chi connectivity index (χ0v) is 23.3. The van der Waals surface area contributed by atoms with Gasteiger partial charge in [-0.1, -0.05) is 30.3 Å². The molecule has 3 aromatic carbocycles. The lowest BCUT2D eigenvalue weighted by atomic mass is 10.00. The van der Waals surface area contributed by atoms with Crippen LogP contribution in [0.5, 0.6) is 34.5 Å². The molecule has 208 valence electrons. The SMILES string of the molecule is COc1ccc(C=C(C(=O)/C=C/c2cccc(OC)c2OC)C(=O)/C=C/c2cccc(OC)c2OC)cc1OC. The van der Waals surface area contributed by atoms with Gasteiger partial charge in [0.25, 0.3) is 0 Å². The molecule has 0 aliphatic heterocycles. The summed E-state index contributed by atoms with van der Waals surface area (Å²) in [4.78, 5) is 26.9. The van der Waals surface area contributed by atoms with E-state index in [0.29, 0.717) is 51.2 Å². The highest BCUT2D eigenvalue weighted by molar-refractivity contribution is 6.31. The second kappa shape index (κ2) is 14.2. The molecular weight excluding hydrogens is 512 g/mol. The number of ketones is 2. The van der Waals surface area contributed by atoms with Crippen LogP contribution in [0.2, 0.25) is 0 Å². The Morgan fingerprint density at radius 1 is 0.550 bits per heavy atom. The zero-order chi connectivity index (χ0) is 29.1. The summed E-state index contributed by atoms with van der Waals surface area (Å²) in [5, 5.41) is 0. The first-order valence-electron chi connectivity index (χ1n) is 12.2. The number of rotatable bonds is 13. The zero-order valence-electron chi connectivity index (χ0n) is 23.3. The van der Waals surface area contributed by atoms with Gasteiger partial charge in [0.2, 0.25) is 0 Å². The molecule has 0 aromatic heterocycles. The Balaban J connectivity index is 2.05. The van der Waals surface area contributed by atoms with Crippen molar-refractivity contribution >= 4 is 29.8 Å². The van der Waals surface area contributed by atoms with Crippen LogP contribution >= 0.6 is 0 Å². The normalized spacial score (nSPS) is 10.8. The molecule has 0 fully saturated rings. The minimum absolute atomic E-state index is 0.0663. The number of carbonyl (C=O) groups excluding carboxylic acids is 2. The van der Waals surface area contributed by atoms with E-state index in [1.54, 1.807) is 66.7 Å². The van der Waals surface area contributed by atoms with Crippen LogP contribution in [-0.2, 0) is 9.59 Å². The predicted octanol–water partition coefficient (Wildman–Crippen LogP) is 5.69. The largest absolute Gasteiger partial charge is 0.493 e. The molecular formula is C32H32O8. The molecule has 0 atom stereocenters. The molecule has 0 spiro atoms. The molecule has 0 aliphatic carbocycles. The maximum Gasteiger partial charge on any atom is 0.189 e. The van der Waals surface area contributed by atoms with Crippen LogP contribution in [0.25, 0.3) is 18.2 Å². The number of allylic oxidation sites excluding steroid dienone is 3. The lowest BCUT2D eigenvalue weighted by Crippen LogP contribution is -2.09. The monoisotopic (exact) mass is 544 g/mol. The molecule has 0 amide bonds. The Morgan fingerprint density at radius 3 is 1.45 bits per heavy atom. The van der Waals surface area contributed by atoms with E-state index in [1.807, 2.05) is 0 Å². The summed E-state index contributed by atoms with van der Waals surface area (Å²) in [6.45, 7) is 0. The van der Waals surface area contributed by atoms with Gasteiger partial charge >= 0.3 is 0 Å². The quantitative estimate of drug-likeness (QED) is 0.154. The number of hydrogen-bond acceptors (Lipinski definition) is 8. The smallest absolute Gasteiger partial charge is 0.189 e. The molecule has 0 unspecified atom stereocenters. The number of carbonyl (C=O) groups is 2. The van der Waals surface area contributed by atoms with E-state index < -0.39 is 11.6 Å². The standard InChI is InChI=1S/C32H32O8/c1-35-27-18-13-21(20-30(27)38-4)19-24(25(33)16-14-22-9-7-11-28(36-2)31(22)39-5)26(34)17-15-23-10-8-12-29(37-3)32(23)40-6/h7-20H,1-6H3/b16-14+,17-15+. The van der Waals surface area contributed by atoms with Crippen molar-refractivity contribution in [1.29, 1.82) is 0 Å². The van der Waals surface area contributed by atoms with E-state index in [-0.39, 0.29) is 5.57 Å². The van der Waals surface area contributed by atoms with E-state index in [4.69, 9.17) is 28.4 Å². The molecule has 40 heavy (non-hydrogen) atoms. The summed E-state index contributed by atoms with van der Waals surface area (Å²) in [7, 11) is 9.13. The van der Waals surface area contributed by atoms with E-state index in [9.17, 15) is 9.59 Å². The second-order valence-electron chi connectivity index (χ2n) is 8.23. The third-order valence-electron chi connectivity index (χ3n) is 5.94. The highest BCUT2D eigenvalue weighted by atomic mass is 16.5. The van der Waals surface area contributed by atoms with Crippen molar-refractivity contribution in [3.05, 3.63) is 89.0 Å². The van der Waals surface area contributed by atoms with Gasteiger partial charge in [0, 0.05) is 11.1 Å². The minimum atomic E-state index is -0.507. The molecule has 8 heteroatoms. The molecule has 0 saturated heterocycles. The van der Waals surface area contributed by atoms with E-state index >= 15 is 0 Å². The second-order valence-corrected chi connectivity index (χ2v) is 8.23. The van der Waals surface area contributed by atoms with Crippen LogP contribution in [0.1, 0.15) is 16.7 Å². The molecule has 0 N–H and O–H groups in total. The van der Waals surface area contributed by atoms with E-state index in [2.05, 4.69) is 0 Å². The van der Waals surface area contributed by atoms with Gasteiger partial charge in [0.1, 0.15) is 0 Å². The average molecular weight is 545 g/mol. The lowest BCUT2D eigenvalue weighted by molar-refractivity contribution is -0.116. The van der Waals surface area contributed by atoms with Crippen LogP contribution in [0, 0.1) is 0 Å². The van der Waals surface area contributed by atoms with Gasteiger partial charge in [0.15, 0.2) is 46.1 Å². The van der Waals surface area contributed by atoms with Crippen molar-refractivity contribution < 1.29 is 38.0 Å². The summed E-state index contributed by atoms with van der Waals surface area (Å²) >= 11 is 0. The Kier molecular flexibility index (Phi) is 10.5. The predicted molar refractivity (Wildman–Crippen MR) is 155 cm³/mol. The highest BCUT2D eigenvalue weighted by Gasteiger charge is 2.17. The van der Waals surface area contributed by atoms with E-state index in [1.165, 1.54) is 60.9 Å². The van der Waals surface area contributed by atoms with Crippen molar-refractivity contribution in [2.45, 2.75) is 0 Å². The van der Waals surface area contributed by atoms with Crippen molar-refractivity contribution in [2.24, 2.45) is 0 Å². The highest BCUT2D eigenvalue weighted by Crippen LogP contribution is 2.33. The van der Waals surface area contributed by atoms with Gasteiger partial charge in [0.05, 0.1) is 48.2 Å². The third-order valence-corrected chi connectivity index (χ3v) is 5.94. The van der Waals surface area contributed by atoms with E-state index in [0.717, 1.165) is 0 Å². The van der Waals surface area contributed by atoms with Gasteiger partial charge in [-0.2, -0.15) is 0 Å². The molecule has 3 aromatic rings. The Hall–Kier alpha value is -4.98. The first kappa shape index (κ1) is 29.6. The summed E-state index contributed by atoms with van der Waals surface area (Å²) in [5.41, 5.74) is 1.74. The Morgan fingerprint density at radius 2 is 1.02 bits per heavy atom. The maximum atomic E-state index is 13.4. The van der Waals surface area contributed by atoms with Gasteiger partial charge in [-0.15, -0.1) is 0 Å². The van der Waals surface area contributed by atoms with Gasteiger partial charge < -0.3 is 28.4 Å². The Bertz CT molecular complexity index is 1370. The van der Waals surface area contributed by atoms with Crippen LogP contribution < -0.4 is 28.4 Å². The number of benzene rings is 3. The molecule has 0 heterocycles. The summed E-state index contributed by atoms with van der Waals surface area (Å²) in [6, 6.07) is 15.7. The van der Waals surface area contributed by atoms with Crippen molar-refractivity contribution in [2.75, 3.05) is 42.7 Å². The van der Waals surface area contributed by atoms with Crippen LogP contribution in [-0.4, -0.2) is 54.2 Å². The molecule has 0 bridgehead atoms. The first-order valence-corrected chi connectivity index (χ1v) is 12.2. The number of hydrogen-bond donors (Lipinski definition) is 0. The van der Waals surface area contributed by atoms with Crippen molar-refractivity contribution in [3.63, 3.8) is 0 Å². The number of ether oxygens (including phenoxy) is 6. The molecule has 3 rings (SSSR count). The molecule has 0 saturated carbocycles. The summed E-state index contributed by atoms with van der Waals surface area (Å²) in [5.74, 6) is 1.94. The van der Waals surface area contributed by atoms with Crippen LogP contribution in [0.4, 0.5) is 0 Å². The van der Waals surface area contributed by atoms with Crippen molar-refractivity contribution in [3.8, 4) is 34.5 Å². The average Bonchev–Trinajstić information content (AvgIpc) is 3.00. The number of methoxy groups -OCH3 is 6. The van der Waals surface area contributed by atoms with Gasteiger partial charge in [-0.25, -0.2) is 0 Å². The topological polar surface area (TPSA) is 89.5 Å².